The van der Waals surface area contributed by atoms with E-state index in [4.69, 9.17) is 9.05 Å². The van der Waals surface area contributed by atoms with Gasteiger partial charge in [-0.15, -0.1) is 0 Å². The van der Waals surface area contributed by atoms with E-state index < -0.39 is 91.6 Å². The Morgan fingerprint density at radius 1 is 0.523 bits per heavy atom. The van der Waals surface area contributed by atoms with Crippen LogP contribution in [0.1, 0.15) is 98.2 Å². The molecule has 0 aromatic heterocycles. The Hall–Kier alpha value is -6.81. The number of carbonyl (C=O) groups is 6. The number of sulfone groups is 1. The number of hydrogen-bond acceptors (Lipinski definition) is 12. The van der Waals surface area contributed by atoms with Crippen LogP contribution in [0.15, 0.2) is 119 Å². The van der Waals surface area contributed by atoms with Crippen molar-refractivity contribution in [2.24, 2.45) is 0 Å². The maximum atomic E-state index is 14.5. The first-order valence-corrected chi connectivity index (χ1v) is 24.4. The quantitative estimate of drug-likeness (QED) is 0.111. The van der Waals surface area contributed by atoms with Gasteiger partial charge in [-0.25, -0.2) is 8.42 Å². The van der Waals surface area contributed by atoms with E-state index in [2.05, 4.69) is 10.6 Å². The molecule has 19 heteroatoms. The summed E-state index contributed by atoms with van der Waals surface area (Å²) in [6.45, 7) is 2.18. The standard InChI is InChI=1S/C46H32N2O14P2S/c1-3-61-63(55,56)36-21-34-38(22-35(36)48-46(54)24-14-16-31-33(18-24)44(52)29-12-8-6-10-27(29)42(31)50)65(59,60)39-20-25(19-37(40(34)39)64(57,58)62-4-2)47-45(53)23-13-15-30-32(17-23)43(51)28-11-7-5-9-26(28)41(30)49/h5-22H,3-4H2,1-2H3,(H,47,53)(H,48,54)(H,55,56)(H,57,58). The van der Waals surface area contributed by atoms with E-state index in [0.29, 0.717) is 0 Å². The molecule has 0 spiro atoms. The molecule has 3 aliphatic rings. The van der Waals surface area contributed by atoms with Gasteiger partial charge >= 0.3 is 15.2 Å². The topological polar surface area (TPSA) is 254 Å². The number of anilines is 2. The molecule has 65 heavy (non-hydrogen) atoms. The van der Waals surface area contributed by atoms with Gasteiger partial charge in [-0.05, 0) is 74.5 Å². The zero-order chi connectivity index (χ0) is 46.3. The highest BCUT2D eigenvalue weighted by Gasteiger charge is 2.43. The fourth-order valence-corrected chi connectivity index (χ4v) is 12.5. The zero-order valence-electron chi connectivity index (χ0n) is 33.9. The van der Waals surface area contributed by atoms with Gasteiger partial charge in [0.2, 0.25) is 9.84 Å². The molecular formula is C46H32N2O14P2S. The van der Waals surface area contributed by atoms with E-state index in [-0.39, 0.29) is 80.1 Å². The molecule has 2 amide bonds. The van der Waals surface area contributed by atoms with Gasteiger partial charge in [0.25, 0.3) is 11.8 Å². The highest BCUT2D eigenvalue weighted by Crippen LogP contribution is 2.54. The smallest absolute Gasteiger partial charge is 0.322 e. The third-order valence-electron chi connectivity index (χ3n) is 11.1. The molecule has 2 aliphatic carbocycles. The Balaban J connectivity index is 1.12. The second-order valence-electron chi connectivity index (χ2n) is 15.0. The van der Waals surface area contributed by atoms with Gasteiger partial charge in [-0.1, -0.05) is 48.5 Å². The van der Waals surface area contributed by atoms with Crippen LogP contribution in [0.25, 0.3) is 11.1 Å². The summed E-state index contributed by atoms with van der Waals surface area (Å²) in [6.07, 6.45) is 0. The van der Waals surface area contributed by atoms with Crippen molar-refractivity contribution in [2.75, 3.05) is 23.8 Å². The average Bonchev–Trinajstić information content (AvgIpc) is 3.50. The lowest BCUT2D eigenvalue weighted by Gasteiger charge is -2.20. The third-order valence-corrected chi connectivity index (χ3v) is 16.1. The molecule has 326 valence electrons. The normalized spacial score (nSPS) is 15.9. The van der Waals surface area contributed by atoms with Gasteiger partial charge in [-0.3, -0.25) is 37.9 Å². The molecule has 0 radical (unpaired) electrons. The van der Waals surface area contributed by atoms with E-state index in [1.807, 2.05) is 0 Å². The second kappa shape index (κ2) is 15.7. The molecule has 0 fully saturated rings. The predicted octanol–water partition coefficient (Wildman–Crippen LogP) is 6.25. The van der Waals surface area contributed by atoms with Crippen LogP contribution in [0.3, 0.4) is 0 Å². The van der Waals surface area contributed by atoms with Crippen molar-refractivity contribution in [3.05, 3.63) is 165 Å². The molecule has 6 aromatic rings. The third kappa shape index (κ3) is 7.05. The summed E-state index contributed by atoms with van der Waals surface area (Å²) < 4.78 is 67.2. The molecule has 2 unspecified atom stereocenters. The minimum absolute atomic E-state index is 0.0434. The Kier molecular flexibility index (Phi) is 10.5. The number of rotatable bonds is 10. The van der Waals surface area contributed by atoms with E-state index >= 15 is 0 Å². The van der Waals surface area contributed by atoms with Crippen LogP contribution in [0.2, 0.25) is 0 Å². The molecule has 9 rings (SSSR count). The number of ketones is 4. The largest absolute Gasteiger partial charge is 0.360 e. The molecule has 4 N–H and O–H groups in total. The monoisotopic (exact) mass is 930 g/mol. The Morgan fingerprint density at radius 2 is 0.954 bits per heavy atom. The van der Waals surface area contributed by atoms with E-state index in [0.717, 1.165) is 24.3 Å². The fourth-order valence-electron chi connectivity index (χ4n) is 8.18. The summed E-state index contributed by atoms with van der Waals surface area (Å²) in [7, 11) is -14.7. The first kappa shape index (κ1) is 43.4. The molecule has 0 saturated carbocycles. The maximum Gasteiger partial charge on any atom is 0.360 e. The fraction of sp³-hybridized carbons (Fsp3) is 0.0870. The first-order chi connectivity index (χ1) is 30.9. The summed E-state index contributed by atoms with van der Waals surface area (Å²) in [5, 5.41) is 3.73. The lowest BCUT2D eigenvalue weighted by atomic mass is 9.83. The molecule has 1 heterocycles. The predicted molar refractivity (Wildman–Crippen MR) is 235 cm³/mol. The van der Waals surface area contributed by atoms with Gasteiger partial charge in [-0.2, -0.15) is 0 Å². The second-order valence-corrected chi connectivity index (χ2v) is 20.4. The van der Waals surface area contributed by atoms with Gasteiger partial charge in [0.1, 0.15) is 0 Å². The highest BCUT2D eigenvalue weighted by molar-refractivity contribution is 7.92. The van der Waals surface area contributed by atoms with Gasteiger partial charge < -0.3 is 29.5 Å². The Labute approximate surface area is 369 Å². The average molecular weight is 931 g/mol. The maximum absolute atomic E-state index is 14.5. The van der Waals surface area contributed by atoms with Crippen LogP contribution >= 0.6 is 15.2 Å². The van der Waals surface area contributed by atoms with Crippen molar-refractivity contribution in [3.8, 4) is 11.1 Å². The van der Waals surface area contributed by atoms with Crippen LogP contribution in [-0.4, -0.2) is 66.4 Å². The lowest BCUT2D eigenvalue weighted by Crippen LogP contribution is -2.23. The molecule has 0 saturated heterocycles. The molecule has 16 nitrogen and oxygen atoms in total. The van der Waals surface area contributed by atoms with Crippen LogP contribution in [0, 0.1) is 0 Å². The summed E-state index contributed by atoms with van der Waals surface area (Å²) >= 11 is 0. The number of fused-ring (bicyclic) bond motifs is 7. The summed E-state index contributed by atoms with van der Waals surface area (Å²) in [6, 6.07) is 23.8. The zero-order valence-corrected chi connectivity index (χ0v) is 36.5. The van der Waals surface area contributed by atoms with Crippen molar-refractivity contribution >= 4 is 82.0 Å². The number of amides is 2. The Morgan fingerprint density at radius 3 is 1.43 bits per heavy atom. The van der Waals surface area contributed by atoms with Crippen molar-refractivity contribution in [3.63, 3.8) is 0 Å². The van der Waals surface area contributed by atoms with Gasteiger partial charge in [0.05, 0.1) is 39.3 Å². The summed E-state index contributed by atoms with van der Waals surface area (Å²) in [5.74, 6) is -3.76. The molecule has 1 aliphatic heterocycles. The van der Waals surface area contributed by atoms with Crippen LogP contribution < -0.4 is 21.2 Å². The van der Waals surface area contributed by atoms with Crippen LogP contribution in [0.5, 0.6) is 0 Å². The number of benzene rings is 6. The van der Waals surface area contributed by atoms with E-state index in [1.165, 1.54) is 74.5 Å². The highest BCUT2D eigenvalue weighted by atomic mass is 32.2. The number of hydrogen-bond donors (Lipinski definition) is 4. The minimum Gasteiger partial charge on any atom is -0.322 e. The molecular weight excluding hydrogens is 899 g/mol. The minimum atomic E-state index is -4.97. The number of nitrogens with one attached hydrogen (secondary N) is 2. The van der Waals surface area contributed by atoms with Gasteiger partial charge in [0.15, 0.2) is 23.1 Å². The van der Waals surface area contributed by atoms with Crippen molar-refractivity contribution in [1.29, 1.82) is 0 Å². The van der Waals surface area contributed by atoms with Crippen molar-refractivity contribution in [1.82, 2.24) is 0 Å². The summed E-state index contributed by atoms with van der Waals surface area (Å²) in [5.41, 5.74) is -1.17. The van der Waals surface area contributed by atoms with Crippen molar-refractivity contribution < 1.29 is 65.1 Å². The molecule has 2 atom stereocenters. The molecule has 6 aromatic carbocycles. The number of carbonyl (C=O) groups excluding carboxylic acids is 6. The summed E-state index contributed by atoms with van der Waals surface area (Å²) in [4.78, 5) is 102. The molecule has 0 bridgehead atoms. The van der Waals surface area contributed by atoms with Gasteiger partial charge in [0, 0.05) is 72.4 Å². The Bertz CT molecular complexity index is 3440. The SMILES string of the molecule is CCOP(=O)(O)c1cc2c(cc1NC(=O)c1ccc3c(c1)C(=O)c1ccccc1C3=O)S(=O)(=O)c1cc(NC(=O)c3ccc4c(c3)C(=O)c3ccccc3C4=O)cc(P(=O)(O)OCC)c1-2. The van der Waals surface area contributed by atoms with Crippen LogP contribution in [-0.2, 0) is 28.0 Å². The van der Waals surface area contributed by atoms with E-state index in [1.54, 1.807) is 24.3 Å². The lowest BCUT2D eigenvalue weighted by molar-refractivity contribution is 0.0977. The van der Waals surface area contributed by atoms with E-state index in [9.17, 15) is 56.1 Å². The van der Waals surface area contributed by atoms with Crippen molar-refractivity contribution in [2.45, 2.75) is 23.6 Å². The van der Waals surface area contributed by atoms with Crippen LogP contribution in [0.4, 0.5) is 11.4 Å². The first-order valence-electron chi connectivity index (χ1n) is 19.7.